The molecule has 1 aromatic heterocycles. The molecule has 0 saturated heterocycles. The summed E-state index contributed by atoms with van der Waals surface area (Å²) in [4.78, 5) is 3.39. The molecule has 0 aliphatic heterocycles. The number of nitrogens with zero attached hydrogens (tertiary/aromatic N) is 1. The van der Waals surface area contributed by atoms with Crippen LogP contribution in [0, 0.1) is 11.3 Å². The molecule has 21 heavy (non-hydrogen) atoms. The Balaban J connectivity index is 1.77. The monoisotopic (exact) mass is 294 g/mol. The van der Waals surface area contributed by atoms with Crippen LogP contribution < -0.4 is 4.74 Å². The number of benzene rings is 2. The fourth-order valence-corrected chi connectivity index (χ4v) is 3.11. The number of thioether (sulfide) groups is 1. The van der Waals surface area contributed by atoms with Crippen molar-refractivity contribution in [3.8, 4) is 11.8 Å². The van der Waals surface area contributed by atoms with E-state index < -0.39 is 0 Å². The van der Waals surface area contributed by atoms with Gasteiger partial charge in [0.15, 0.2) is 0 Å². The van der Waals surface area contributed by atoms with Crippen molar-refractivity contribution in [3.63, 3.8) is 0 Å². The lowest BCUT2D eigenvalue weighted by Crippen LogP contribution is -1.90. The average Bonchev–Trinajstić information content (AvgIpc) is 2.95. The minimum absolute atomic E-state index is 0.576. The number of methoxy groups -OCH3 is 1. The second-order valence-corrected chi connectivity index (χ2v) is 5.67. The number of para-hydroxylation sites is 1. The van der Waals surface area contributed by atoms with Crippen molar-refractivity contribution in [3.05, 3.63) is 59.7 Å². The van der Waals surface area contributed by atoms with Crippen LogP contribution in [0.4, 0.5) is 0 Å². The van der Waals surface area contributed by atoms with Crippen LogP contribution >= 0.6 is 11.8 Å². The zero-order chi connectivity index (χ0) is 14.7. The predicted molar refractivity (Wildman–Crippen MR) is 85.6 cm³/mol. The van der Waals surface area contributed by atoms with Gasteiger partial charge in [-0.05, 0) is 29.8 Å². The fraction of sp³-hybridized carbons (Fsp3) is 0.118. The van der Waals surface area contributed by atoms with E-state index in [1.165, 1.54) is 5.39 Å². The molecule has 3 rings (SSSR count). The number of aromatic nitrogens is 1. The molecule has 0 radical (unpaired) electrons. The minimum Gasteiger partial charge on any atom is -0.495 e. The summed E-state index contributed by atoms with van der Waals surface area (Å²) in [6.45, 7) is 0. The summed E-state index contributed by atoms with van der Waals surface area (Å²) in [6.07, 6.45) is 0. The zero-order valence-electron chi connectivity index (χ0n) is 11.6. The number of fused-ring (bicyclic) bond motifs is 1. The topological polar surface area (TPSA) is 48.8 Å². The average molecular weight is 294 g/mol. The third-order valence-corrected chi connectivity index (χ3v) is 4.29. The van der Waals surface area contributed by atoms with Gasteiger partial charge in [-0.15, -0.1) is 11.8 Å². The Morgan fingerprint density at radius 1 is 1.19 bits per heavy atom. The van der Waals surface area contributed by atoms with E-state index in [1.54, 1.807) is 18.9 Å². The Bertz CT molecular complexity index is 784. The second kappa shape index (κ2) is 5.94. The maximum atomic E-state index is 9.11. The van der Waals surface area contributed by atoms with Crippen molar-refractivity contribution in [2.45, 2.75) is 10.8 Å². The molecule has 0 aliphatic rings. The van der Waals surface area contributed by atoms with E-state index in [0.29, 0.717) is 11.3 Å². The molecule has 0 amide bonds. The van der Waals surface area contributed by atoms with Crippen LogP contribution in [0.1, 0.15) is 11.1 Å². The Morgan fingerprint density at radius 2 is 2.05 bits per heavy atom. The van der Waals surface area contributed by atoms with E-state index in [0.717, 1.165) is 21.9 Å². The van der Waals surface area contributed by atoms with Gasteiger partial charge in [0.2, 0.25) is 0 Å². The maximum absolute atomic E-state index is 9.11. The highest BCUT2D eigenvalue weighted by Crippen LogP contribution is 2.27. The summed E-state index contributed by atoms with van der Waals surface area (Å²) in [5.74, 6) is 1.43. The van der Waals surface area contributed by atoms with Crippen molar-refractivity contribution in [2.24, 2.45) is 0 Å². The van der Waals surface area contributed by atoms with Gasteiger partial charge >= 0.3 is 0 Å². The highest BCUT2D eigenvalue weighted by Gasteiger charge is 2.05. The molecule has 1 heterocycles. The molecule has 104 valence electrons. The molecule has 0 saturated carbocycles. The maximum Gasteiger partial charge on any atom is 0.136 e. The Labute approximate surface area is 127 Å². The van der Waals surface area contributed by atoms with E-state index in [2.05, 4.69) is 29.3 Å². The number of nitrogens with one attached hydrogen (secondary N) is 1. The molecule has 1 N–H and O–H groups in total. The van der Waals surface area contributed by atoms with Crippen LogP contribution in [0.3, 0.4) is 0 Å². The summed E-state index contributed by atoms with van der Waals surface area (Å²) in [6, 6.07) is 18.3. The van der Waals surface area contributed by atoms with Gasteiger partial charge in [0, 0.05) is 16.7 Å². The minimum atomic E-state index is 0.576. The highest BCUT2D eigenvalue weighted by molar-refractivity contribution is 7.98. The van der Waals surface area contributed by atoms with E-state index in [1.807, 2.05) is 30.3 Å². The van der Waals surface area contributed by atoms with E-state index in [9.17, 15) is 0 Å². The smallest absolute Gasteiger partial charge is 0.136 e. The molecule has 3 aromatic rings. The first-order chi connectivity index (χ1) is 10.3. The SMILES string of the molecule is COc1ccc(CSc2cc3ccccc3[nH]2)cc1C#N. The van der Waals surface area contributed by atoms with E-state index >= 15 is 0 Å². The Morgan fingerprint density at radius 3 is 2.81 bits per heavy atom. The summed E-state index contributed by atoms with van der Waals surface area (Å²) < 4.78 is 5.16. The summed E-state index contributed by atoms with van der Waals surface area (Å²) in [7, 11) is 1.58. The number of hydrogen-bond acceptors (Lipinski definition) is 3. The number of nitriles is 1. The van der Waals surface area contributed by atoms with Crippen molar-refractivity contribution in [1.29, 1.82) is 5.26 Å². The van der Waals surface area contributed by atoms with Gasteiger partial charge in [0.25, 0.3) is 0 Å². The number of rotatable bonds is 4. The molecule has 3 nitrogen and oxygen atoms in total. The third kappa shape index (κ3) is 2.88. The molecule has 0 spiro atoms. The summed E-state index contributed by atoms with van der Waals surface area (Å²) in [5.41, 5.74) is 2.83. The van der Waals surface area contributed by atoms with Crippen LogP contribution in [0.5, 0.6) is 5.75 Å². The molecule has 0 atom stereocenters. The van der Waals surface area contributed by atoms with Crippen molar-refractivity contribution < 1.29 is 4.74 Å². The van der Waals surface area contributed by atoms with Crippen LogP contribution in [0.25, 0.3) is 10.9 Å². The van der Waals surface area contributed by atoms with Crippen molar-refractivity contribution in [1.82, 2.24) is 4.98 Å². The van der Waals surface area contributed by atoms with Gasteiger partial charge in [-0.3, -0.25) is 0 Å². The van der Waals surface area contributed by atoms with Gasteiger partial charge in [-0.2, -0.15) is 5.26 Å². The first kappa shape index (κ1) is 13.6. The van der Waals surface area contributed by atoms with Gasteiger partial charge in [0.1, 0.15) is 11.8 Å². The number of aromatic amines is 1. The lowest BCUT2D eigenvalue weighted by molar-refractivity contribution is 0.413. The van der Waals surface area contributed by atoms with Gasteiger partial charge < -0.3 is 9.72 Å². The Hall–Kier alpha value is -2.38. The molecule has 0 bridgehead atoms. The van der Waals surface area contributed by atoms with Crippen LogP contribution in [-0.4, -0.2) is 12.1 Å². The van der Waals surface area contributed by atoms with Crippen LogP contribution in [-0.2, 0) is 5.75 Å². The molecular formula is C17H14N2OS. The van der Waals surface area contributed by atoms with E-state index in [4.69, 9.17) is 10.00 Å². The quantitative estimate of drug-likeness (QED) is 0.728. The normalized spacial score (nSPS) is 10.5. The molecule has 0 aliphatic carbocycles. The standard InChI is InChI=1S/C17H14N2OS/c1-20-16-7-6-12(8-14(16)10-18)11-21-17-9-13-4-2-3-5-15(13)19-17/h2-9,19H,11H2,1H3. The number of hydrogen-bond donors (Lipinski definition) is 1. The third-order valence-electron chi connectivity index (χ3n) is 3.28. The molecular weight excluding hydrogens is 280 g/mol. The fourth-order valence-electron chi connectivity index (χ4n) is 2.22. The Kier molecular flexibility index (Phi) is 3.85. The van der Waals surface area contributed by atoms with Crippen LogP contribution in [0.2, 0.25) is 0 Å². The largest absolute Gasteiger partial charge is 0.495 e. The molecule has 2 aromatic carbocycles. The van der Waals surface area contributed by atoms with Crippen molar-refractivity contribution in [2.75, 3.05) is 7.11 Å². The zero-order valence-corrected chi connectivity index (χ0v) is 12.4. The summed E-state index contributed by atoms with van der Waals surface area (Å²) >= 11 is 1.73. The van der Waals surface area contributed by atoms with Crippen LogP contribution in [0.15, 0.2) is 53.6 Å². The molecule has 0 fully saturated rings. The number of ether oxygens (including phenoxy) is 1. The van der Waals surface area contributed by atoms with Gasteiger partial charge in [-0.25, -0.2) is 0 Å². The van der Waals surface area contributed by atoms with Gasteiger partial charge in [0.05, 0.1) is 17.7 Å². The van der Waals surface area contributed by atoms with Crippen molar-refractivity contribution >= 4 is 22.7 Å². The highest BCUT2D eigenvalue weighted by atomic mass is 32.2. The van der Waals surface area contributed by atoms with E-state index in [-0.39, 0.29) is 0 Å². The molecule has 0 unspecified atom stereocenters. The lowest BCUT2D eigenvalue weighted by Gasteiger charge is -2.05. The van der Waals surface area contributed by atoms with Gasteiger partial charge in [-0.1, -0.05) is 24.3 Å². The first-order valence-corrected chi connectivity index (χ1v) is 7.56. The summed E-state index contributed by atoms with van der Waals surface area (Å²) in [5, 5.41) is 11.5. The second-order valence-electron chi connectivity index (χ2n) is 4.66. The number of H-pyrrole nitrogens is 1. The lowest BCUT2D eigenvalue weighted by atomic mass is 10.1. The predicted octanol–water partition coefficient (Wildman–Crippen LogP) is 4.34. The first-order valence-electron chi connectivity index (χ1n) is 6.58. The molecule has 4 heteroatoms.